The quantitative estimate of drug-likeness (QED) is 0.495. The van der Waals surface area contributed by atoms with Crippen molar-refractivity contribution in [1.29, 1.82) is 0 Å². The lowest BCUT2D eigenvalue weighted by molar-refractivity contribution is -0.123. The molecule has 3 aromatic rings. The maximum Gasteiger partial charge on any atom is 0.255 e. The van der Waals surface area contributed by atoms with E-state index in [2.05, 4.69) is 25.9 Å². The first-order valence-corrected chi connectivity index (χ1v) is 12.1. The Labute approximate surface area is 206 Å². The van der Waals surface area contributed by atoms with E-state index in [0.717, 1.165) is 49.2 Å². The molecule has 0 atom stereocenters. The van der Waals surface area contributed by atoms with Gasteiger partial charge in [-0.15, -0.1) is 0 Å². The largest absolute Gasteiger partial charge is 0.353 e. The van der Waals surface area contributed by atoms with Gasteiger partial charge in [-0.2, -0.15) is 0 Å². The van der Waals surface area contributed by atoms with Gasteiger partial charge in [0.05, 0.1) is 35.5 Å². The lowest BCUT2D eigenvalue weighted by atomic mass is 9.61. The number of amides is 2. The molecule has 2 fully saturated rings. The monoisotopic (exact) mass is 489 g/mol. The van der Waals surface area contributed by atoms with Crippen LogP contribution in [0.5, 0.6) is 0 Å². The summed E-state index contributed by atoms with van der Waals surface area (Å²) in [7, 11) is 0. The number of fused-ring (bicyclic) bond motifs is 1. The van der Waals surface area contributed by atoms with Crippen LogP contribution in [0.2, 0.25) is 0 Å². The van der Waals surface area contributed by atoms with Crippen LogP contribution in [0.3, 0.4) is 0 Å². The lowest BCUT2D eigenvalue weighted by Gasteiger charge is -2.54. The van der Waals surface area contributed by atoms with Gasteiger partial charge in [-0.1, -0.05) is 30.3 Å². The van der Waals surface area contributed by atoms with Gasteiger partial charge in [-0.05, 0) is 41.5 Å². The summed E-state index contributed by atoms with van der Waals surface area (Å²) < 4.78 is 28.8. The second-order valence-electron chi connectivity index (χ2n) is 10.0. The van der Waals surface area contributed by atoms with Crippen LogP contribution < -0.4 is 16.0 Å². The Balaban J connectivity index is 1.18. The summed E-state index contributed by atoms with van der Waals surface area (Å²) in [6.45, 7) is 2.28. The minimum absolute atomic E-state index is 0.0109. The summed E-state index contributed by atoms with van der Waals surface area (Å²) in [4.78, 5) is 33.6. The van der Waals surface area contributed by atoms with Gasteiger partial charge in [0.2, 0.25) is 5.91 Å². The lowest BCUT2D eigenvalue weighted by Crippen LogP contribution is -2.65. The van der Waals surface area contributed by atoms with E-state index in [4.69, 9.17) is 0 Å². The van der Waals surface area contributed by atoms with Gasteiger partial charge in [0.15, 0.2) is 5.82 Å². The molecule has 3 aliphatic rings. The molecule has 0 unspecified atom stereocenters. The van der Waals surface area contributed by atoms with E-state index in [1.165, 1.54) is 6.07 Å². The number of nitrogens with one attached hydrogen (secondary N) is 3. The number of benzene rings is 2. The molecule has 1 saturated carbocycles. The van der Waals surface area contributed by atoms with Crippen LogP contribution >= 0.6 is 0 Å². The molecular formula is C27H25F2N5O2. The van der Waals surface area contributed by atoms with Gasteiger partial charge in [-0.3, -0.25) is 9.59 Å². The molecule has 2 aliphatic heterocycles. The fraction of sp³-hybridized carbons (Fsp3) is 0.333. The number of aromatic nitrogens is 2. The molecule has 1 saturated heterocycles. The van der Waals surface area contributed by atoms with Crippen molar-refractivity contribution in [3.8, 4) is 11.4 Å². The zero-order chi connectivity index (χ0) is 24.9. The first kappa shape index (κ1) is 22.7. The third kappa shape index (κ3) is 4.13. The highest BCUT2D eigenvalue weighted by atomic mass is 19.1. The maximum absolute atomic E-state index is 14.4. The highest BCUT2D eigenvalue weighted by Crippen LogP contribution is 2.44. The smallest absolute Gasteiger partial charge is 0.255 e. The predicted molar refractivity (Wildman–Crippen MR) is 128 cm³/mol. The zero-order valence-corrected chi connectivity index (χ0v) is 19.5. The minimum Gasteiger partial charge on any atom is -0.353 e. The molecule has 36 heavy (non-hydrogen) atoms. The van der Waals surface area contributed by atoms with E-state index < -0.39 is 11.6 Å². The molecule has 2 amide bonds. The van der Waals surface area contributed by atoms with Crippen LogP contribution in [0.1, 0.15) is 45.7 Å². The summed E-state index contributed by atoms with van der Waals surface area (Å²) in [5.74, 6) is -1.90. The van der Waals surface area contributed by atoms with Crippen LogP contribution in [0.4, 0.5) is 8.78 Å². The van der Waals surface area contributed by atoms with Crippen molar-refractivity contribution in [2.24, 2.45) is 5.41 Å². The van der Waals surface area contributed by atoms with Crippen molar-refractivity contribution < 1.29 is 18.4 Å². The molecule has 9 heteroatoms. The van der Waals surface area contributed by atoms with Crippen molar-refractivity contribution in [3.63, 3.8) is 0 Å². The van der Waals surface area contributed by atoms with Crippen molar-refractivity contribution in [2.45, 2.75) is 38.3 Å². The van der Waals surface area contributed by atoms with Crippen molar-refractivity contribution >= 4 is 11.8 Å². The van der Waals surface area contributed by atoms with Crippen LogP contribution in [0.15, 0.2) is 42.5 Å². The average molecular weight is 490 g/mol. The molecule has 1 aliphatic carbocycles. The van der Waals surface area contributed by atoms with Gasteiger partial charge in [0.25, 0.3) is 5.91 Å². The van der Waals surface area contributed by atoms with Crippen LogP contribution in [-0.4, -0.2) is 40.9 Å². The molecule has 3 N–H and O–H groups in total. The number of nitrogens with zero attached hydrogens (tertiary/aromatic N) is 2. The SMILES string of the molecule is O=C(Cc1ccc(Cc2nc(-c3c(F)cccc3F)nc3c2C(=O)NC3)cc1)NC1CC2(CNC2)C1. The van der Waals surface area contributed by atoms with Gasteiger partial charge in [0.1, 0.15) is 11.6 Å². The summed E-state index contributed by atoms with van der Waals surface area (Å²) in [6.07, 6.45) is 2.66. The number of carbonyl (C=O) groups excluding carboxylic acids is 2. The first-order valence-electron chi connectivity index (χ1n) is 12.1. The number of carbonyl (C=O) groups is 2. The van der Waals surface area contributed by atoms with E-state index in [1.54, 1.807) is 0 Å². The number of hydrogen-bond donors (Lipinski definition) is 3. The summed E-state index contributed by atoms with van der Waals surface area (Å²) in [5.41, 5.74) is 3.02. The first-order chi connectivity index (χ1) is 17.4. The second kappa shape index (κ2) is 8.74. The fourth-order valence-corrected chi connectivity index (χ4v) is 5.44. The second-order valence-corrected chi connectivity index (χ2v) is 10.0. The maximum atomic E-state index is 14.4. The molecule has 0 bridgehead atoms. The standard InChI is InChI=1S/C27H25F2N5O2/c28-18-2-1-3-19(29)23(18)25-33-20(24-21(34-25)12-31-26(24)36)8-15-4-6-16(7-5-15)9-22(35)32-17-10-27(11-17)13-30-14-27/h1-7,17,30H,8-14H2,(H,31,36)(H,32,35). The van der Waals surface area contributed by atoms with Gasteiger partial charge in [-0.25, -0.2) is 18.7 Å². The Kier molecular flexibility index (Phi) is 5.52. The van der Waals surface area contributed by atoms with Crippen LogP contribution in [0.25, 0.3) is 11.4 Å². The van der Waals surface area contributed by atoms with E-state index in [0.29, 0.717) is 28.8 Å². The van der Waals surface area contributed by atoms with Crippen molar-refractivity contribution in [1.82, 2.24) is 25.9 Å². The Morgan fingerprint density at radius 1 is 1.00 bits per heavy atom. The third-order valence-corrected chi connectivity index (χ3v) is 7.37. The van der Waals surface area contributed by atoms with Gasteiger partial charge < -0.3 is 16.0 Å². The van der Waals surface area contributed by atoms with E-state index in [9.17, 15) is 18.4 Å². The Hall–Kier alpha value is -3.72. The third-order valence-electron chi connectivity index (χ3n) is 7.37. The normalized spacial score (nSPS) is 17.8. The molecule has 6 rings (SSSR count). The molecular weight excluding hydrogens is 464 g/mol. The number of hydrogen-bond acceptors (Lipinski definition) is 5. The highest BCUT2D eigenvalue weighted by molar-refractivity contribution is 5.99. The molecule has 0 radical (unpaired) electrons. The zero-order valence-electron chi connectivity index (χ0n) is 19.5. The van der Waals surface area contributed by atoms with E-state index in [1.807, 2.05) is 24.3 Å². The van der Waals surface area contributed by atoms with Gasteiger partial charge >= 0.3 is 0 Å². The summed E-state index contributed by atoms with van der Waals surface area (Å²) in [6, 6.07) is 11.4. The van der Waals surface area contributed by atoms with Gasteiger partial charge in [0, 0.05) is 25.6 Å². The molecule has 2 aromatic carbocycles. The molecule has 184 valence electrons. The summed E-state index contributed by atoms with van der Waals surface area (Å²) >= 11 is 0. The minimum atomic E-state index is -0.762. The molecule has 7 nitrogen and oxygen atoms in total. The van der Waals surface area contributed by atoms with Crippen LogP contribution in [-0.2, 0) is 24.2 Å². The highest BCUT2D eigenvalue weighted by Gasteiger charge is 2.48. The van der Waals surface area contributed by atoms with Crippen LogP contribution in [0, 0.1) is 17.0 Å². The summed E-state index contributed by atoms with van der Waals surface area (Å²) in [5, 5.41) is 9.12. The topological polar surface area (TPSA) is 96.0 Å². The number of halogens is 2. The average Bonchev–Trinajstić information content (AvgIpc) is 3.17. The van der Waals surface area contributed by atoms with E-state index >= 15 is 0 Å². The van der Waals surface area contributed by atoms with E-state index in [-0.39, 0.29) is 42.2 Å². The Morgan fingerprint density at radius 2 is 1.69 bits per heavy atom. The Bertz CT molecular complexity index is 1340. The van der Waals surface area contributed by atoms with Crippen molar-refractivity contribution in [3.05, 3.63) is 82.2 Å². The molecule has 3 heterocycles. The number of rotatable bonds is 6. The molecule has 1 spiro atoms. The van der Waals surface area contributed by atoms with Crippen molar-refractivity contribution in [2.75, 3.05) is 13.1 Å². The molecule has 1 aromatic heterocycles. The fourth-order valence-electron chi connectivity index (χ4n) is 5.44. The predicted octanol–water partition coefficient (Wildman–Crippen LogP) is 2.67. The Morgan fingerprint density at radius 3 is 2.36 bits per heavy atom.